The van der Waals surface area contributed by atoms with Crippen molar-refractivity contribution in [3.05, 3.63) is 47.0 Å². The SMILES string of the molecule is O=[C]CCCC=CCc1ccc(Cl)cc1. The van der Waals surface area contributed by atoms with Gasteiger partial charge in [-0.15, -0.1) is 0 Å². The van der Waals surface area contributed by atoms with Crippen LogP contribution in [0.25, 0.3) is 0 Å². The zero-order valence-corrected chi connectivity index (χ0v) is 9.33. The highest BCUT2D eigenvalue weighted by Crippen LogP contribution is 2.10. The summed E-state index contributed by atoms with van der Waals surface area (Å²) >= 11 is 5.78. The lowest BCUT2D eigenvalue weighted by molar-refractivity contribution is 0.549. The van der Waals surface area contributed by atoms with Crippen LogP contribution in [0, 0.1) is 0 Å². The second kappa shape index (κ2) is 7.24. The van der Waals surface area contributed by atoms with Gasteiger partial charge in [0.15, 0.2) is 6.29 Å². The predicted molar refractivity (Wildman–Crippen MR) is 63.8 cm³/mol. The minimum Gasteiger partial charge on any atom is -0.291 e. The van der Waals surface area contributed by atoms with E-state index in [2.05, 4.69) is 12.2 Å². The molecule has 0 fully saturated rings. The van der Waals surface area contributed by atoms with Gasteiger partial charge in [-0.3, -0.25) is 4.79 Å². The number of halogens is 1. The largest absolute Gasteiger partial charge is 0.291 e. The number of hydrogen-bond acceptors (Lipinski definition) is 1. The van der Waals surface area contributed by atoms with Crippen LogP contribution >= 0.6 is 11.6 Å². The Hall–Kier alpha value is -1.08. The molecule has 0 heterocycles. The van der Waals surface area contributed by atoms with Crippen molar-refractivity contribution < 1.29 is 4.79 Å². The van der Waals surface area contributed by atoms with Crippen molar-refractivity contribution in [1.82, 2.24) is 0 Å². The summed E-state index contributed by atoms with van der Waals surface area (Å²) in [5.41, 5.74) is 1.25. The van der Waals surface area contributed by atoms with E-state index in [0.717, 1.165) is 24.3 Å². The van der Waals surface area contributed by atoms with E-state index in [9.17, 15) is 4.79 Å². The highest BCUT2D eigenvalue weighted by atomic mass is 35.5. The third-order valence-electron chi connectivity index (χ3n) is 2.08. The van der Waals surface area contributed by atoms with Gasteiger partial charge in [-0.2, -0.15) is 0 Å². The quantitative estimate of drug-likeness (QED) is 0.529. The molecule has 15 heavy (non-hydrogen) atoms. The van der Waals surface area contributed by atoms with Crippen LogP contribution in [0.3, 0.4) is 0 Å². The van der Waals surface area contributed by atoms with Crippen LogP contribution in [-0.2, 0) is 11.2 Å². The fraction of sp³-hybridized carbons (Fsp3) is 0.308. The van der Waals surface area contributed by atoms with E-state index in [0.29, 0.717) is 6.42 Å². The molecule has 1 rings (SSSR count). The predicted octanol–water partition coefficient (Wildman–Crippen LogP) is 3.72. The van der Waals surface area contributed by atoms with E-state index in [4.69, 9.17) is 11.6 Å². The Balaban J connectivity index is 2.24. The average molecular weight is 222 g/mol. The second-order valence-electron chi connectivity index (χ2n) is 3.34. The lowest BCUT2D eigenvalue weighted by atomic mass is 10.1. The van der Waals surface area contributed by atoms with Crippen LogP contribution in [-0.4, -0.2) is 6.29 Å². The summed E-state index contributed by atoms with van der Waals surface area (Å²) in [5.74, 6) is 0. The molecule has 0 unspecified atom stereocenters. The van der Waals surface area contributed by atoms with Crippen LogP contribution in [0.5, 0.6) is 0 Å². The van der Waals surface area contributed by atoms with E-state index in [-0.39, 0.29) is 0 Å². The summed E-state index contributed by atoms with van der Waals surface area (Å²) in [5, 5.41) is 0.768. The minimum atomic E-state index is 0.533. The normalized spacial score (nSPS) is 10.7. The molecule has 0 aliphatic rings. The standard InChI is InChI=1S/C13H14ClO/c14-13-9-7-12(8-10-13)6-4-2-1-3-5-11-15/h2,4,7-10H,1,3,5-6H2. The molecule has 79 valence electrons. The number of hydrogen-bond donors (Lipinski definition) is 0. The molecule has 0 amide bonds. The zero-order chi connectivity index (χ0) is 10.9. The van der Waals surface area contributed by atoms with Gasteiger partial charge in [0, 0.05) is 11.4 Å². The Kier molecular flexibility index (Phi) is 5.79. The van der Waals surface area contributed by atoms with Crippen molar-refractivity contribution in [2.24, 2.45) is 0 Å². The number of benzene rings is 1. The minimum absolute atomic E-state index is 0.533. The molecular weight excluding hydrogens is 208 g/mol. The second-order valence-corrected chi connectivity index (χ2v) is 3.77. The van der Waals surface area contributed by atoms with Crippen molar-refractivity contribution >= 4 is 17.9 Å². The molecule has 2 heteroatoms. The maximum atomic E-state index is 9.93. The molecule has 0 saturated heterocycles. The molecule has 0 aliphatic heterocycles. The highest BCUT2D eigenvalue weighted by Gasteiger charge is 1.89. The van der Waals surface area contributed by atoms with Crippen LogP contribution in [0.15, 0.2) is 36.4 Å². The zero-order valence-electron chi connectivity index (χ0n) is 8.58. The third kappa shape index (κ3) is 5.38. The van der Waals surface area contributed by atoms with Crippen LogP contribution in [0.1, 0.15) is 24.8 Å². The summed E-state index contributed by atoms with van der Waals surface area (Å²) in [7, 11) is 0. The Bertz CT molecular complexity index is 314. The van der Waals surface area contributed by atoms with Gasteiger partial charge >= 0.3 is 0 Å². The number of rotatable bonds is 6. The molecule has 1 aromatic rings. The van der Waals surface area contributed by atoms with Crippen LogP contribution in [0.4, 0.5) is 0 Å². The summed E-state index contributed by atoms with van der Waals surface area (Å²) in [6, 6.07) is 7.83. The molecule has 0 aliphatic carbocycles. The van der Waals surface area contributed by atoms with Gasteiger partial charge in [0.25, 0.3) is 0 Å². The summed E-state index contributed by atoms with van der Waals surface area (Å²) in [4.78, 5) is 9.93. The average Bonchev–Trinajstić information content (AvgIpc) is 2.26. The van der Waals surface area contributed by atoms with Gasteiger partial charge in [0.1, 0.15) is 0 Å². The van der Waals surface area contributed by atoms with Crippen molar-refractivity contribution in [3.63, 3.8) is 0 Å². The molecule has 0 aromatic heterocycles. The van der Waals surface area contributed by atoms with Crippen LogP contribution in [0.2, 0.25) is 5.02 Å². The van der Waals surface area contributed by atoms with Crippen molar-refractivity contribution in [1.29, 1.82) is 0 Å². The number of unbranched alkanes of at least 4 members (excludes halogenated alkanes) is 2. The molecule has 0 saturated carbocycles. The lowest BCUT2D eigenvalue weighted by Crippen LogP contribution is -1.80. The first-order chi connectivity index (χ1) is 7.33. The van der Waals surface area contributed by atoms with E-state index in [1.807, 2.05) is 30.6 Å². The van der Waals surface area contributed by atoms with E-state index in [1.165, 1.54) is 5.56 Å². The Morgan fingerprint density at radius 3 is 2.60 bits per heavy atom. The van der Waals surface area contributed by atoms with Gasteiger partial charge < -0.3 is 0 Å². The number of carbonyl (C=O) groups excluding carboxylic acids is 1. The maximum absolute atomic E-state index is 9.93. The van der Waals surface area contributed by atoms with Gasteiger partial charge in [0.05, 0.1) is 0 Å². The van der Waals surface area contributed by atoms with E-state index in [1.54, 1.807) is 0 Å². The smallest absolute Gasteiger partial charge is 0.198 e. The fourth-order valence-corrected chi connectivity index (χ4v) is 1.38. The summed E-state index contributed by atoms with van der Waals surface area (Å²) in [6.07, 6.45) is 9.39. The van der Waals surface area contributed by atoms with Crippen molar-refractivity contribution in [3.8, 4) is 0 Å². The first kappa shape index (κ1) is 12.0. The molecule has 0 bridgehead atoms. The summed E-state index contributed by atoms with van der Waals surface area (Å²) < 4.78 is 0. The van der Waals surface area contributed by atoms with Gasteiger partial charge in [-0.1, -0.05) is 35.9 Å². The molecule has 1 nitrogen and oxygen atoms in total. The Morgan fingerprint density at radius 1 is 1.20 bits per heavy atom. The first-order valence-electron chi connectivity index (χ1n) is 5.07. The van der Waals surface area contributed by atoms with Crippen molar-refractivity contribution in [2.45, 2.75) is 25.7 Å². The lowest BCUT2D eigenvalue weighted by Gasteiger charge is -1.95. The van der Waals surface area contributed by atoms with Crippen molar-refractivity contribution in [2.75, 3.05) is 0 Å². The Morgan fingerprint density at radius 2 is 1.93 bits per heavy atom. The molecular formula is C13H14ClO. The summed E-state index contributed by atoms with van der Waals surface area (Å²) in [6.45, 7) is 0. The van der Waals surface area contributed by atoms with E-state index < -0.39 is 0 Å². The van der Waals surface area contributed by atoms with Gasteiger partial charge in [0.2, 0.25) is 0 Å². The molecule has 0 spiro atoms. The van der Waals surface area contributed by atoms with Gasteiger partial charge in [-0.25, -0.2) is 0 Å². The Labute approximate surface area is 95.8 Å². The molecule has 0 N–H and O–H groups in total. The topological polar surface area (TPSA) is 17.1 Å². The third-order valence-corrected chi connectivity index (χ3v) is 2.34. The highest BCUT2D eigenvalue weighted by molar-refractivity contribution is 6.30. The molecule has 1 radical (unpaired) electrons. The first-order valence-corrected chi connectivity index (χ1v) is 5.45. The maximum Gasteiger partial charge on any atom is 0.198 e. The monoisotopic (exact) mass is 221 g/mol. The van der Waals surface area contributed by atoms with Gasteiger partial charge in [-0.05, 0) is 37.0 Å². The van der Waals surface area contributed by atoms with Crippen LogP contribution < -0.4 is 0 Å². The number of allylic oxidation sites excluding steroid dienone is 2. The molecule has 0 atom stereocenters. The molecule has 1 aromatic carbocycles. The van der Waals surface area contributed by atoms with E-state index >= 15 is 0 Å². The fourth-order valence-electron chi connectivity index (χ4n) is 1.25.